The lowest BCUT2D eigenvalue weighted by Gasteiger charge is -1.98. The molecule has 0 N–H and O–H groups in total. The highest BCUT2D eigenvalue weighted by molar-refractivity contribution is 5.11. The summed E-state index contributed by atoms with van der Waals surface area (Å²) < 4.78 is 12.5. The Morgan fingerprint density at radius 3 is 3.00 bits per heavy atom. The molecule has 98 valence electrons. The normalized spacial score (nSPS) is 10.8. The van der Waals surface area contributed by atoms with Gasteiger partial charge in [-0.1, -0.05) is 19.0 Å². The van der Waals surface area contributed by atoms with E-state index in [1.807, 2.05) is 10.9 Å². The third-order valence-electron chi connectivity index (χ3n) is 2.41. The Labute approximate surface area is 106 Å². The largest absolute Gasteiger partial charge is 0.480 e. The number of ether oxygens (including phenoxy) is 1. The minimum atomic E-state index is 0.286. The molecule has 0 spiro atoms. The fourth-order valence-electron chi connectivity index (χ4n) is 1.59. The van der Waals surface area contributed by atoms with Crippen LogP contribution < -0.4 is 4.74 Å². The Hall–Kier alpha value is -1.85. The van der Waals surface area contributed by atoms with Crippen LogP contribution in [0.1, 0.15) is 38.4 Å². The molecule has 6 heteroatoms. The first-order chi connectivity index (χ1) is 8.81. The van der Waals surface area contributed by atoms with Crippen molar-refractivity contribution in [1.82, 2.24) is 19.9 Å². The highest BCUT2D eigenvalue weighted by Gasteiger charge is 2.07. The Morgan fingerprint density at radius 2 is 2.22 bits per heavy atom. The van der Waals surface area contributed by atoms with Crippen molar-refractivity contribution in [2.24, 2.45) is 0 Å². The third-order valence-corrected chi connectivity index (χ3v) is 2.41. The summed E-state index contributed by atoms with van der Waals surface area (Å²) in [6, 6.07) is 0. The van der Waals surface area contributed by atoms with Crippen LogP contribution in [0.25, 0.3) is 0 Å². The fraction of sp³-hybridized carbons (Fsp3) is 0.583. The molecular weight excluding hydrogens is 232 g/mol. The molecule has 6 nitrogen and oxygen atoms in total. The van der Waals surface area contributed by atoms with Gasteiger partial charge in [-0.05, 0) is 12.8 Å². The van der Waals surface area contributed by atoms with E-state index < -0.39 is 0 Å². The third kappa shape index (κ3) is 3.32. The van der Waals surface area contributed by atoms with Gasteiger partial charge >= 0.3 is 0 Å². The van der Waals surface area contributed by atoms with Gasteiger partial charge in [-0.15, -0.1) is 0 Å². The van der Waals surface area contributed by atoms with E-state index in [2.05, 4.69) is 29.1 Å². The zero-order valence-electron chi connectivity index (χ0n) is 10.8. The Balaban J connectivity index is 1.85. The lowest BCUT2D eigenvalue weighted by Crippen LogP contribution is -1.97. The molecule has 0 saturated heterocycles. The number of hydrogen-bond donors (Lipinski definition) is 0. The number of nitrogens with zero attached hydrogens (tertiary/aromatic N) is 4. The minimum Gasteiger partial charge on any atom is -0.480 e. The molecule has 2 aromatic rings. The van der Waals surface area contributed by atoms with Gasteiger partial charge in [0.1, 0.15) is 0 Å². The molecule has 2 rings (SSSR count). The summed E-state index contributed by atoms with van der Waals surface area (Å²) in [5.74, 6) is 1.96. The predicted octanol–water partition coefficient (Wildman–Crippen LogP) is 2.21. The summed E-state index contributed by atoms with van der Waals surface area (Å²) >= 11 is 0. The molecule has 0 aliphatic rings. The van der Waals surface area contributed by atoms with E-state index in [9.17, 15) is 0 Å². The molecule has 0 aromatic carbocycles. The molecule has 0 fully saturated rings. The molecule has 18 heavy (non-hydrogen) atoms. The summed E-state index contributed by atoms with van der Waals surface area (Å²) in [4.78, 5) is 4.23. The first kappa shape index (κ1) is 12.6. The number of aryl methyl sites for hydroxylation is 2. The maximum Gasteiger partial charge on any atom is 0.264 e. The van der Waals surface area contributed by atoms with E-state index in [0.29, 0.717) is 5.89 Å². The van der Waals surface area contributed by atoms with Crippen LogP contribution in [0, 0.1) is 0 Å². The SMILES string of the molecule is CCCc1noc(COc2cnn(CCC)c2)n1. The molecule has 0 bridgehead atoms. The first-order valence-corrected chi connectivity index (χ1v) is 6.28. The van der Waals surface area contributed by atoms with Gasteiger partial charge in [0.2, 0.25) is 0 Å². The molecular formula is C12H18N4O2. The van der Waals surface area contributed by atoms with Gasteiger partial charge in [-0.2, -0.15) is 10.1 Å². The lowest BCUT2D eigenvalue weighted by atomic mass is 10.3. The molecule has 0 aliphatic carbocycles. The number of aromatic nitrogens is 4. The standard InChI is InChI=1S/C12H18N4O2/c1-3-5-11-14-12(18-15-11)9-17-10-7-13-16(8-10)6-4-2/h7-8H,3-6,9H2,1-2H3. The molecule has 0 saturated carbocycles. The highest BCUT2D eigenvalue weighted by Crippen LogP contribution is 2.11. The second-order valence-electron chi connectivity index (χ2n) is 4.08. The summed E-state index contributed by atoms with van der Waals surface area (Å²) in [7, 11) is 0. The second kappa shape index (κ2) is 6.18. The van der Waals surface area contributed by atoms with E-state index >= 15 is 0 Å². The fourth-order valence-corrected chi connectivity index (χ4v) is 1.59. The lowest BCUT2D eigenvalue weighted by molar-refractivity contribution is 0.242. The molecule has 2 aromatic heterocycles. The van der Waals surface area contributed by atoms with Crippen LogP contribution in [0.15, 0.2) is 16.9 Å². The highest BCUT2D eigenvalue weighted by atomic mass is 16.5. The molecule has 0 radical (unpaired) electrons. The molecule has 2 heterocycles. The predicted molar refractivity (Wildman–Crippen MR) is 65.1 cm³/mol. The Morgan fingerprint density at radius 1 is 1.33 bits per heavy atom. The van der Waals surface area contributed by atoms with E-state index in [-0.39, 0.29) is 6.61 Å². The van der Waals surface area contributed by atoms with Crippen molar-refractivity contribution in [3.05, 3.63) is 24.1 Å². The van der Waals surface area contributed by atoms with Crippen molar-refractivity contribution < 1.29 is 9.26 Å². The van der Waals surface area contributed by atoms with Gasteiger partial charge in [-0.3, -0.25) is 4.68 Å². The van der Waals surface area contributed by atoms with E-state index in [0.717, 1.165) is 37.4 Å². The van der Waals surface area contributed by atoms with Gasteiger partial charge in [-0.25, -0.2) is 0 Å². The van der Waals surface area contributed by atoms with Crippen LogP contribution in [0.4, 0.5) is 0 Å². The van der Waals surface area contributed by atoms with Crippen LogP contribution in [-0.2, 0) is 19.6 Å². The van der Waals surface area contributed by atoms with Crippen LogP contribution >= 0.6 is 0 Å². The average molecular weight is 250 g/mol. The first-order valence-electron chi connectivity index (χ1n) is 6.28. The summed E-state index contributed by atoms with van der Waals surface area (Å²) in [5, 5.41) is 8.04. The Bertz CT molecular complexity index is 434. The van der Waals surface area contributed by atoms with Crippen molar-refractivity contribution in [3.8, 4) is 5.75 Å². The van der Waals surface area contributed by atoms with E-state index in [1.54, 1.807) is 6.20 Å². The van der Waals surface area contributed by atoms with Crippen LogP contribution in [0.3, 0.4) is 0 Å². The van der Waals surface area contributed by atoms with Crippen molar-refractivity contribution in [2.75, 3.05) is 0 Å². The zero-order valence-corrected chi connectivity index (χ0v) is 10.8. The maximum atomic E-state index is 5.53. The van der Waals surface area contributed by atoms with Gasteiger partial charge in [0.15, 0.2) is 18.2 Å². The minimum absolute atomic E-state index is 0.286. The number of rotatable bonds is 7. The smallest absolute Gasteiger partial charge is 0.264 e. The monoisotopic (exact) mass is 250 g/mol. The van der Waals surface area contributed by atoms with Crippen molar-refractivity contribution in [3.63, 3.8) is 0 Å². The molecule has 0 unspecified atom stereocenters. The van der Waals surface area contributed by atoms with E-state index in [1.165, 1.54) is 0 Å². The summed E-state index contributed by atoms with van der Waals surface area (Å²) in [5.41, 5.74) is 0. The van der Waals surface area contributed by atoms with Gasteiger partial charge < -0.3 is 9.26 Å². The molecule has 0 amide bonds. The van der Waals surface area contributed by atoms with Crippen LogP contribution in [0.5, 0.6) is 5.75 Å². The van der Waals surface area contributed by atoms with Crippen LogP contribution in [0.2, 0.25) is 0 Å². The van der Waals surface area contributed by atoms with Gasteiger partial charge in [0.05, 0.1) is 12.4 Å². The summed E-state index contributed by atoms with van der Waals surface area (Å²) in [6.45, 7) is 5.36. The van der Waals surface area contributed by atoms with Crippen molar-refractivity contribution >= 4 is 0 Å². The van der Waals surface area contributed by atoms with Gasteiger partial charge in [0.25, 0.3) is 5.89 Å². The zero-order chi connectivity index (χ0) is 12.8. The topological polar surface area (TPSA) is 66.0 Å². The van der Waals surface area contributed by atoms with Crippen molar-refractivity contribution in [1.29, 1.82) is 0 Å². The maximum absolute atomic E-state index is 5.53. The Kier molecular flexibility index (Phi) is 4.33. The van der Waals surface area contributed by atoms with E-state index in [4.69, 9.17) is 9.26 Å². The summed E-state index contributed by atoms with van der Waals surface area (Å²) in [6.07, 6.45) is 6.44. The molecule has 0 atom stereocenters. The van der Waals surface area contributed by atoms with Crippen molar-refractivity contribution in [2.45, 2.75) is 46.3 Å². The number of hydrogen-bond acceptors (Lipinski definition) is 5. The van der Waals surface area contributed by atoms with Crippen LogP contribution in [-0.4, -0.2) is 19.9 Å². The average Bonchev–Trinajstić information content (AvgIpc) is 2.97. The second-order valence-corrected chi connectivity index (χ2v) is 4.08. The molecule has 0 aliphatic heterocycles. The van der Waals surface area contributed by atoms with Gasteiger partial charge in [0, 0.05) is 13.0 Å². The quantitative estimate of drug-likeness (QED) is 0.753.